The van der Waals surface area contributed by atoms with Crippen molar-refractivity contribution in [3.05, 3.63) is 101 Å². The second kappa shape index (κ2) is 11.1. The van der Waals surface area contributed by atoms with Gasteiger partial charge in [0.15, 0.2) is 0 Å². The van der Waals surface area contributed by atoms with Gasteiger partial charge in [-0.2, -0.15) is 0 Å². The zero-order chi connectivity index (χ0) is 22.2. The van der Waals surface area contributed by atoms with Crippen LogP contribution >= 0.6 is 0 Å². The minimum absolute atomic E-state index is 0.0476. The molecule has 3 aromatic carbocycles. The normalized spacial score (nSPS) is 15.3. The highest BCUT2D eigenvalue weighted by Gasteiger charge is 2.21. The van der Waals surface area contributed by atoms with Crippen molar-refractivity contribution in [2.75, 3.05) is 18.4 Å². The first-order valence-corrected chi connectivity index (χ1v) is 11.6. The molecule has 1 aliphatic heterocycles. The molecule has 4 nitrogen and oxygen atoms in total. The van der Waals surface area contributed by atoms with Crippen LogP contribution in [-0.2, 0) is 17.9 Å². The average molecular weight is 428 g/mol. The summed E-state index contributed by atoms with van der Waals surface area (Å²) in [4.78, 5) is 15.8. The van der Waals surface area contributed by atoms with E-state index in [2.05, 4.69) is 39.8 Å². The van der Waals surface area contributed by atoms with E-state index in [1.54, 1.807) is 0 Å². The molecule has 1 atom stereocenters. The third-order valence-electron chi connectivity index (χ3n) is 6.17. The van der Waals surface area contributed by atoms with Gasteiger partial charge in [-0.05, 0) is 61.7 Å². The Hall–Kier alpha value is -2.95. The van der Waals surface area contributed by atoms with Crippen LogP contribution in [0.5, 0.6) is 0 Å². The maximum atomic E-state index is 13.2. The first-order valence-electron chi connectivity index (χ1n) is 11.6. The number of carbonyl (C=O) groups is 1. The molecule has 1 fully saturated rings. The molecular formula is C28H33N3O. The summed E-state index contributed by atoms with van der Waals surface area (Å²) in [6, 6.07) is 26.0. The van der Waals surface area contributed by atoms with Gasteiger partial charge in [-0.25, -0.2) is 0 Å². The lowest BCUT2D eigenvalue weighted by atomic mass is 10.0. The number of anilines is 1. The van der Waals surface area contributed by atoms with E-state index < -0.39 is 6.04 Å². The molecule has 2 N–H and O–H groups in total. The molecule has 0 spiro atoms. The summed E-state index contributed by atoms with van der Waals surface area (Å²) in [6.07, 6.45) is 3.92. The third-order valence-corrected chi connectivity index (χ3v) is 6.17. The number of hydrogen-bond acceptors (Lipinski definition) is 3. The standard InChI is InChI=1S/C28H33N3O/c1-22-14-16-26(17-15-22)30-28(32)27(23-10-4-2-5-11-23)29-20-24-12-6-7-13-25(24)21-31-18-8-3-9-19-31/h2,4-7,10-17,27,29H,3,8-9,18-21H2,1H3,(H,30,32)/t27-/m1/s1. The molecule has 1 amide bonds. The fourth-order valence-electron chi connectivity index (χ4n) is 4.31. The number of rotatable bonds is 8. The van der Waals surface area contributed by atoms with Crippen LogP contribution in [0.3, 0.4) is 0 Å². The Morgan fingerprint density at radius 1 is 0.844 bits per heavy atom. The summed E-state index contributed by atoms with van der Waals surface area (Å²) >= 11 is 0. The molecule has 0 unspecified atom stereocenters. The number of likely N-dealkylation sites (tertiary alicyclic amines) is 1. The van der Waals surface area contributed by atoms with E-state index in [9.17, 15) is 4.79 Å². The van der Waals surface area contributed by atoms with Crippen molar-refractivity contribution < 1.29 is 4.79 Å². The van der Waals surface area contributed by atoms with Crippen LogP contribution in [0.25, 0.3) is 0 Å². The largest absolute Gasteiger partial charge is 0.324 e. The molecule has 1 saturated heterocycles. The summed E-state index contributed by atoms with van der Waals surface area (Å²) in [5.41, 5.74) is 5.54. The predicted octanol–water partition coefficient (Wildman–Crippen LogP) is 5.45. The zero-order valence-corrected chi connectivity index (χ0v) is 18.9. The third kappa shape index (κ3) is 6.06. The van der Waals surface area contributed by atoms with Crippen molar-refractivity contribution >= 4 is 11.6 Å². The van der Waals surface area contributed by atoms with Crippen LogP contribution in [0.2, 0.25) is 0 Å². The highest BCUT2D eigenvalue weighted by atomic mass is 16.2. The molecule has 4 heteroatoms. The predicted molar refractivity (Wildman–Crippen MR) is 131 cm³/mol. The van der Waals surface area contributed by atoms with Crippen molar-refractivity contribution in [3.63, 3.8) is 0 Å². The van der Waals surface area contributed by atoms with Gasteiger partial charge >= 0.3 is 0 Å². The quantitative estimate of drug-likeness (QED) is 0.502. The van der Waals surface area contributed by atoms with E-state index in [1.165, 1.54) is 49.0 Å². The minimum atomic E-state index is -0.430. The summed E-state index contributed by atoms with van der Waals surface area (Å²) in [7, 11) is 0. The molecule has 0 radical (unpaired) electrons. The number of nitrogens with zero attached hydrogens (tertiary/aromatic N) is 1. The van der Waals surface area contributed by atoms with Gasteiger partial charge in [0.2, 0.25) is 5.91 Å². The number of carbonyl (C=O) groups excluding carboxylic acids is 1. The van der Waals surface area contributed by atoms with Gasteiger partial charge in [-0.1, -0.05) is 78.7 Å². The van der Waals surface area contributed by atoms with Crippen molar-refractivity contribution in [2.45, 2.75) is 45.3 Å². The summed E-state index contributed by atoms with van der Waals surface area (Å²) < 4.78 is 0. The number of benzene rings is 3. The Labute approximate surface area is 191 Å². The Kier molecular flexibility index (Phi) is 7.70. The lowest BCUT2D eigenvalue weighted by Crippen LogP contribution is -2.33. The van der Waals surface area contributed by atoms with Crippen LogP contribution in [0.4, 0.5) is 5.69 Å². The second-order valence-corrected chi connectivity index (χ2v) is 8.69. The van der Waals surface area contributed by atoms with E-state index in [-0.39, 0.29) is 5.91 Å². The highest BCUT2D eigenvalue weighted by molar-refractivity contribution is 5.95. The summed E-state index contributed by atoms with van der Waals surface area (Å²) in [6.45, 7) is 6.01. The van der Waals surface area contributed by atoms with Gasteiger partial charge in [-0.15, -0.1) is 0 Å². The molecular weight excluding hydrogens is 394 g/mol. The topological polar surface area (TPSA) is 44.4 Å². The number of aryl methyl sites for hydroxylation is 1. The second-order valence-electron chi connectivity index (χ2n) is 8.69. The summed E-state index contributed by atoms with van der Waals surface area (Å²) in [5.74, 6) is -0.0476. The molecule has 0 saturated carbocycles. The van der Waals surface area contributed by atoms with Gasteiger partial charge in [0.05, 0.1) is 0 Å². The Morgan fingerprint density at radius 2 is 1.50 bits per heavy atom. The van der Waals surface area contributed by atoms with Crippen LogP contribution in [0.1, 0.15) is 47.6 Å². The van der Waals surface area contributed by atoms with E-state index in [1.807, 2.05) is 61.5 Å². The van der Waals surface area contributed by atoms with Gasteiger partial charge in [0, 0.05) is 18.8 Å². The van der Waals surface area contributed by atoms with Crippen molar-refractivity contribution in [1.82, 2.24) is 10.2 Å². The fraction of sp³-hybridized carbons (Fsp3) is 0.321. The molecule has 1 heterocycles. The van der Waals surface area contributed by atoms with E-state index in [4.69, 9.17) is 0 Å². The maximum Gasteiger partial charge on any atom is 0.246 e. The van der Waals surface area contributed by atoms with Gasteiger partial charge < -0.3 is 5.32 Å². The molecule has 166 valence electrons. The zero-order valence-electron chi connectivity index (χ0n) is 18.9. The highest BCUT2D eigenvalue weighted by Crippen LogP contribution is 2.20. The molecule has 0 bridgehead atoms. The fourth-order valence-corrected chi connectivity index (χ4v) is 4.31. The Morgan fingerprint density at radius 3 is 2.22 bits per heavy atom. The van der Waals surface area contributed by atoms with Gasteiger partial charge in [0.25, 0.3) is 0 Å². The minimum Gasteiger partial charge on any atom is -0.324 e. The molecule has 0 aromatic heterocycles. The van der Waals surface area contributed by atoms with Crippen molar-refractivity contribution in [3.8, 4) is 0 Å². The van der Waals surface area contributed by atoms with E-state index in [0.717, 1.165) is 17.8 Å². The molecule has 32 heavy (non-hydrogen) atoms. The SMILES string of the molecule is Cc1ccc(NC(=O)[C@H](NCc2ccccc2CN2CCCCC2)c2ccccc2)cc1. The van der Waals surface area contributed by atoms with E-state index in [0.29, 0.717) is 6.54 Å². The number of amides is 1. The van der Waals surface area contributed by atoms with Gasteiger partial charge in [-0.3, -0.25) is 15.0 Å². The van der Waals surface area contributed by atoms with Crippen molar-refractivity contribution in [1.29, 1.82) is 0 Å². The monoisotopic (exact) mass is 427 g/mol. The van der Waals surface area contributed by atoms with Crippen LogP contribution in [-0.4, -0.2) is 23.9 Å². The summed E-state index contributed by atoms with van der Waals surface area (Å²) in [5, 5.41) is 6.61. The first-order chi connectivity index (χ1) is 15.7. The van der Waals surface area contributed by atoms with Crippen LogP contribution in [0.15, 0.2) is 78.9 Å². The Bertz CT molecular complexity index is 995. The molecule has 3 aromatic rings. The lowest BCUT2D eigenvalue weighted by Gasteiger charge is -2.27. The molecule has 4 rings (SSSR count). The molecule has 0 aliphatic carbocycles. The number of piperidine rings is 1. The van der Waals surface area contributed by atoms with Gasteiger partial charge in [0.1, 0.15) is 6.04 Å². The van der Waals surface area contributed by atoms with Crippen LogP contribution < -0.4 is 10.6 Å². The molecule has 1 aliphatic rings. The maximum absolute atomic E-state index is 13.2. The van der Waals surface area contributed by atoms with E-state index >= 15 is 0 Å². The smallest absolute Gasteiger partial charge is 0.246 e. The lowest BCUT2D eigenvalue weighted by molar-refractivity contribution is -0.118. The van der Waals surface area contributed by atoms with Crippen LogP contribution in [0, 0.1) is 6.92 Å². The number of nitrogens with one attached hydrogen (secondary N) is 2. The first kappa shape index (κ1) is 22.3. The van der Waals surface area contributed by atoms with Crippen molar-refractivity contribution in [2.24, 2.45) is 0 Å². The Balaban J connectivity index is 1.48. The number of hydrogen-bond donors (Lipinski definition) is 2. The average Bonchev–Trinajstić information content (AvgIpc) is 2.83.